The van der Waals surface area contributed by atoms with Crippen molar-refractivity contribution >= 4 is 0 Å². The largest absolute Gasteiger partial charge is 0.496 e. The van der Waals surface area contributed by atoms with E-state index in [0.717, 1.165) is 24.2 Å². The molecule has 19 heavy (non-hydrogen) atoms. The molecule has 0 amide bonds. The highest BCUT2D eigenvalue weighted by Gasteiger charge is 2.17. The summed E-state index contributed by atoms with van der Waals surface area (Å²) in [6.45, 7) is 0. The molecule has 0 fully saturated rings. The summed E-state index contributed by atoms with van der Waals surface area (Å²) in [7, 11) is 3.54. The highest BCUT2D eigenvalue weighted by atomic mass is 19.1. The Bertz CT molecular complexity index is 456. The van der Waals surface area contributed by atoms with Crippen LogP contribution in [0, 0.1) is 5.82 Å². The number of hydrogen-bond acceptors (Lipinski definition) is 2. The van der Waals surface area contributed by atoms with Crippen molar-refractivity contribution in [2.75, 3.05) is 14.2 Å². The van der Waals surface area contributed by atoms with Gasteiger partial charge in [0.1, 0.15) is 11.6 Å². The standard InChI is InChI=1S/C16H22FNO/c1-18-15(10-12-6-4-3-5-7-12)14-11-13(17)8-9-16(14)19-2/h6,8-9,11,15,18H,3-5,7,10H2,1-2H3. The number of ether oxygens (including phenoxy) is 1. The fourth-order valence-electron chi connectivity index (χ4n) is 2.70. The maximum atomic E-state index is 13.5. The zero-order valence-electron chi connectivity index (χ0n) is 11.7. The predicted octanol–water partition coefficient (Wildman–Crippen LogP) is 3.99. The number of nitrogens with one attached hydrogen (secondary N) is 1. The minimum Gasteiger partial charge on any atom is -0.496 e. The molecular weight excluding hydrogens is 241 g/mol. The first-order valence-electron chi connectivity index (χ1n) is 6.93. The molecule has 0 saturated heterocycles. The van der Waals surface area contributed by atoms with Crippen LogP contribution in [0.5, 0.6) is 5.75 Å². The van der Waals surface area contributed by atoms with E-state index in [1.807, 2.05) is 7.05 Å². The van der Waals surface area contributed by atoms with E-state index in [1.54, 1.807) is 19.2 Å². The highest BCUT2D eigenvalue weighted by Crippen LogP contribution is 2.32. The monoisotopic (exact) mass is 263 g/mol. The van der Waals surface area contributed by atoms with Crippen LogP contribution in [0.3, 0.4) is 0 Å². The maximum Gasteiger partial charge on any atom is 0.123 e. The fraction of sp³-hybridized carbons (Fsp3) is 0.500. The topological polar surface area (TPSA) is 21.3 Å². The zero-order valence-corrected chi connectivity index (χ0v) is 11.7. The summed E-state index contributed by atoms with van der Waals surface area (Å²) >= 11 is 0. The number of allylic oxidation sites excluding steroid dienone is 1. The summed E-state index contributed by atoms with van der Waals surface area (Å²) in [5, 5.41) is 3.28. The van der Waals surface area contributed by atoms with Crippen LogP contribution in [0.25, 0.3) is 0 Å². The second-order valence-electron chi connectivity index (χ2n) is 5.04. The van der Waals surface area contributed by atoms with Gasteiger partial charge in [0.15, 0.2) is 0 Å². The Balaban J connectivity index is 2.20. The molecule has 1 aliphatic carbocycles. The summed E-state index contributed by atoms with van der Waals surface area (Å²) < 4.78 is 18.8. The minimum absolute atomic E-state index is 0.106. The van der Waals surface area contributed by atoms with Gasteiger partial charge in [-0.15, -0.1) is 0 Å². The van der Waals surface area contributed by atoms with E-state index in [1.165, 1.54) is 30.9 Å². The van der Waals surface area contributed by atoms with Gasteiger partial charge >= 0.3 is 0 Å². The lowest BCUT2D eigenvalue weighted by atomic mass is 9.91. The molecule has 1 unspecified atom stereocenters. The molecule has 2 nitrogen and oxygen atoms in total. The van der Waals surface area contributed by atoms with Crippen molar-refractivity contribution in [2.45, 2.75) is 38.1 Å². The van der Waals surface area contributed by atoms with Gasteiger partial charge in [-0.1, -0.05) is 11.6 Å². The van der Waals surface area contributed by atoms with Crippen molar-refractivity contribution < 1.29 is 9.13 Å². The van der Waals surface area contributed by atoms with Crippen molar-refractivity contribution in [1.82, 2.24) is 5.32 Å². The molecule has 104 valence electrons. The van der Waals surface area contributed by atoms with Crippen LogP contribution in [0.2, 0.25) is 0 Å². The lowest BCUT2D eigenvalue weighted by molar-refractivity contribution is 0.398. The van der Waals surface area contributed by atoms with E-state index in [2.05, 4.69) is 11.4 Å². The molecule has 0 heterocycles. The second kappa shape index (κ2) is 6.71. The summed E-state index contributed by atoms with van der Waals surface area (Å²) in [6.07, 6.45) is 8.15. The Labute approximate surface area is 114 Å². The van der Waals surface area contributed by atoms with Gasteiger partial charge in [-0.05, 0) is 57.4 Å². The van der Waals surface area contributed by atoms with E-state index in [-0.39, 0.29) is 11.9 Å². The molecule has 2 rings (SSSR count). The van der Waals surface area contributed by atoms with Crippen LogP contribution >= 0.6 is 0 Å². The molecule has 1 atom stereocenters. The van der Waals surface area contributed by atoms with E-state index >= 15 is 0 Å². The molecule has 0 aliphatic heterocycles. The number of benzene rings is 1. The fourth-order valence-corrected chi connectivity index (χ4v) is 2.70. The number of rotatable bonds is 5. The van der Waals surface area contributed by atoms with Crippen molar-refractivity contribution in [3.63, 3.8) is 0 Å². The highest BCUT2D eigenvalue weighted by molar-refractivity contribution is 5.37. The van der Waals surface area contributed by atoms with Crippen molar-refractivity contribution in [2.24, 2.45) is 0 Å². The van der Waals surface area contributed by atoms with Gasteiger partial charge in [0.2, 0.25) is 0 Å². The Morgan fingerprint density at radius 3 is 2.84 bits per heavy atom. The van der Waals surface area contributed by atoms with Gasteiger partial charge in [0.25, 0.3) is 0 Å². The van der Waals surface area contributed by atoms with E-state index < -0.39 is 0 Å². The molecule has 1 aliphatic rings. The maximum absolute atomic E-state index is 13.5. The number of methoxy groups -OCH3 is 1. The van der Waals surface area contributed by atoms with Crippen molar-refractivity contribution in [1.29, 1.82) is 0 Å². The molecule has 1 aromatic carbocycles. The van der Waals surface area contributed by atoms with Gasteiger partial charge in [-0.2, -0.15) is 0 Å². The molecular formula is C16H22FNO. The van der Waals surface area contributed by atoms with Crippen LogP contribution in [0.4, 0.5) is 4.39 Å². The van der Waals surface area contributed by atoms with Crippen molar-refractivity contribution in [3.05, 3.63) is 41.2 Å². The van der Waals surface area contributed by atoms with Crippen LogP contribution in [-0.2, 0) is 0 Å². The van der Waals surface area contributed by atoms with Crippen LogP contribution < -0.4 is 10.1 Å². The Hall–Kier alpha value is -1.35. The molecule has 0 aromatic heterocycles. The summed E-state index contributed by atoms with van der Waals surface area (Å²) in [5.41, 5.74) is 2.37. The molecule has 3 heteroatoms. The summed E-state index contributed by atoms with van der Waals surface area (Å²) in [5.74, 6) is 0.533. The summed E-state index contributed by atoms with van der Waals surface area (Å²) in [4.78, 5) is 0. The Morgan fingerprint density at radius 2 is 2.21 bits per heavy atom. The quantitative estimate of drug-likeness (QED) is 0.811. The van der Waals surface area contributed by atoms with Crippen LogP contribution in [0.1, 0.15) is 43.7 Å². The third kappa shape index (κ3) is 3.57. The molecule has 1 N–H and O–H groups in total. The average Bonchev–Trinajstić information content (AvgIpc) is 2.46. The van der Waals surface area contributed by atoms with Gasteiger partial charge in [0.05, 0.1) is 7.11 Å². The van der Waals surface area contributed by atoms with Crippen molar-refractivity contribution in [3.8, 4) is 5.75 Å². The first-order chi connectivity index (χ1) is 9.24. The average molecular weight is 263 g/mol. The Kier molecular flexibility index (Phi) is 4.97. The van der Waals surface area contributed by atoms with Gasteiger partial charge in [0, 0.05) is 11.6 Å². The number of hydrogen-bond donors (Lipinski definition) is 1. The predicted molar refractivity (Wildman–Crippen MR) is 75.9 cm³/mol. The molecule has 1 aromatic rings. The third-order valence-electron chi connectivity index (χ3n) is 3.77. The first kappa shape index (κ1) is 14.1. The second-order valence-corrected chi connectivity index (χ2v) is 5.04. The minimum atomic E-state index is -0.214. The normalized spacial score (nSPS) is 16.9. The lowest BCUT2D eigenvalue weighted by Crippen LogP contribution is -2.18. The third-order valence-corrected chi connectivity index (χ3v) is 3.77. The summed E-state index contributed by atoms with van der Waals surface area (Å²) in [6, 6.07) is 4.82. The number of halogens is 1. The molecule has 0 saturated carbocycles. The van der Waals surface area contributed by atoms with E-state index in [0.29, 0.717) is 0 Å². The first-order valence-corrected chi connectivity index (χ1v) is 6.93. The van der Waals surface area contributed by atoms with Crippen LogP contribution in [0.15, 0.2) is 29.8 Å². The smallest absolute Gasteiger partial charge is 0.123 e. The lowest BCUT2D eigenvalue weighted by Gasteiger charge is -2.22. The zero-order chi connectivity index (χ0) is 13.7. The Morgan fingerprint density at radius 1 is 1.37 bits per heavy atom. The van der Waals surface area contributed by atoms with E-state index in [9.17, 15) is 4.39 Å². The van der Waals surface area contributed by atoms with Gasteiger partial charge in [-0.25, -0.2) is 4.39 Å². The van der Waals surface area contributed by atoms with Crippen LogP contribution in [-0.4, -0.2) is 14.2 Å². The van der Waals surface area contributed by atoms with Gasteiger partial charge < -0.3 is 10.1 Å². The van der Waals surface area contributed by atoms with Gasteiger partial charge in [-0.3, -0.25) is 0 Å². The molecule has 0 spiro atoms. The SMILES string of the molecule is CNC(CC1=CCCCC1)c1cc(F)ccc1OC. The molecule has 0 radical (unpaired) electrons. The molecule has 0 bridgehead atoms. The van der Waals surface area contributed by atoms with E-state index in [4.69, 9.17) is 4.74 Å².